The summed E-state index contributed by atoms with van der Waals surface area (Å²) in [7, 11) is -6.13. The van der Waals surface area contributed by atoms with Crippen molar-refractivity contribution in [2.75, 3.05) is 18.6 Å². The van der Waals surface area contributed by atoms with Crippen LogP contribution >= 0.6 is 7.82 Å². The summed E-state index contributed by atoms with van der Waals surface area (Å²) in [4.78, 5) is 97.4. The highest BCUT2D eigenvalue weighted by Crippen LogP contribution is 2.37. The second-order valence-electron chi connectivity index (χ2n) is 12.8. The van der Waals surface area contributed by atoms with Crippen LogP contribution in [0.5, 0.6) is 5.75 Å². The minimum Gasteiger partial charge on any atom is -0.404 e. The number of nitrogens with zero attached hydrogens (tertiary/aromatic N) is 1. The molecule has 7 atom stereocenters. The molecule has 0 bridgehead atoms. The SMILES string of the molecule is CC(=O)N[C@@H](Cc1ccc(OP(=O)(O)O)cc1)C(=O)N[C@@H](CC(C)C)C(=O)N1CCC[C@H]1C(=O)N[C@@H](CCS(C)=O)C(=O)N[C@H](C(N)=O)[C@@H](C)O. The van der Waals surface area contributed by atoms with Gasteiger partial charge in [0.1, 0.15) is 36.0 Å². The van der Waals surface area contributed by atoms with Crippen molar-refractivity contribution in [2.45, 2.75) is 96.1 Å². The first-order chi connectivity index (χ1) is 23.7. The largest absolute Gasteiger partial charge is 0.524 e. The number of hydrogen-bond acceptors (Lipinski definition) is 10. The average molecular weight is 761 g/mol. The molecule has 1 heterocycles. The summed E-state index contributed by atoms with van der Waals surface area (Å²) in [6.07, 6.45) is 0.805. The zero-order chi connectivity index (χ0) is 38.6. The van der Waals surface area contributed by atoms with Crippen molar-refractivity contribution in [2.24, 2.45) is 11.7 Å². The number of primary amides is 1. The maximum Gasteiger partial charge on any atom is 0.524 e. The van der Waals surface area contributed by atoms with Crippen LogP contribution in [0.1, 0.15) is 58.9 Å². The molecule has 1 aromatic carbocycles. The highest BCUT2D eigenvalue weighted by Gasteiger charge is 2.40. The molecule has 20 heteroatoms. The molecule has 286 valence electrons. The number of phosphoric ester groups is 1. The van der Waals surface area contributed by atoms with E-state index in [4.69, 9.17) is 15.5 Å². The third-order valence-electron chi connectivity index (χ3n) is 7.86. The van der Waals surface area contributed by atoms with Gasteiger partial charge in [-0.2, -0.15) is 0 Å². The lowest BCUT2D eigenvalue weighted by molar-refractivity contribution is -0.143. The summed E-state index contributed by atoms with van der Waals surface area (Å²) in [5.41, 5.74) is 5.79. The summed E-state index contributed by atoms with van der Waals surface area (Å²) in [5, 5.41) is 20.0. The normalized spacial score (nSPS) is 18.1. The Morgan fingerprint density at radius 3 is 2.10 bits per heavy atom. The standard InChI is InChI=1S/C31H49N6O12PS/c1-17(2)15-24(35-29(42)23(33-19(4)39)16-20-8-10-21(11-9-20)49-50(45,46)47)31(44)37-13-6-7-25(37)30(43)34-22(12-14-51(5)48)28(41)36-26(18(3)38)27(32)40/h8-11,17-18,22-26,38H,6-7,12-16H2,1-5H3,(H2,32,40)(H,33,39)(H,34,43)(H,35,42)(H,36,41)(H2,45,46,47)/t18-,22+,23+,24+,25+,26+,51?/m1/s1. The molecule has 1 fully saturated rings. The van der Waals surface area contributed by atoms with Crippen molar-refractivity contribution in [3.05, 3.63) is 29.8 Å². The van der Waals surface area contributed by atoms with Gasteiger partial charge in [0.25, 0.3) is 0 Å². The van der Waals surface area contributed by atoms with Crippen molar-refractivity contribution in [3.8, 4) is 5.75 Å². The van der Waals surface area contributed by atoms with Gasteiger partial charge in [-0.1, -0.05) is 26.0 Å². The zero-order valence-corrected chi connectivity index (χ0v) is 30.9. The Morgan fingerprint density at radius 1 is 0.980 bits per heavy atom. The molecule has 0 spiro atoms. The molecule has 1 aliphatic rings. The van der Waals surface area contributed by atoms with Gasteiger partial charge in [0.05, 0.1) is 6.10 Å². The second-order valence-corrected chi connectivity index (χ2v) is 15.5. The average Bonchev–Trinajstić information content (AvgIpc) is 3.50. The summed E-state index contributed by atoms with van der Waals surface area (Å²) < 4.78 is 27.5. The molecule has 6 amide bonds. The van der Waals surface area contributed by atoms with E-state index in [9.17, 15) is 42.6 Å². The Hall–Kier alpha value is -3.90. The number of nitrogens with two attached hydrogens (primary N) is 1. The number of aliphatic hydroxyl groups excluding tert-OH is 1. The number of phosphoric acid groups is 1. The van der Waals surface area contributed by atoms with Crippen LogP contribution < -0.4 is 31.5 Å². The Labute approximate surface area is 298 Å². The molecule has 2 rings (SSSR count). The molecular weight excluding hydrogens is 711 g/mol. The number of carbonyl (C=O) groups is 6. The maximum absolute atomic E-state index is 14.0. The molecule has 1 aromatic rings. The van der Waals surface area contributed by atoms with Crippen molar-refractivity contribution < 1.29 is 57.0 Å². The number of amides is 6. The highest BCUT2D eigenvalue weighted by molar-refractivity contribution is 7.84. The van der Waals surface area contributed by atoms with Crippen molar-refractivity contribution in [1.82, 2.24) is 26.2 Å². The molecule has 1 aliphatic heterocycles. The Kier molecular flexibility index (Phi) is 16.7. The van der Waals surface area contributed by atoms with E-state index < -0.39 is 90.4 Å². The predicted molar refractivity (Wildman–Crippen MR) is 185 cm³/mol. The Bertz CT molecular complexity index is 1490. The van der Waals surface area contributed by atoms with Gasteiger partial charge in [0.2, 0.25) is 35.4 Å². The van der Waals surface area contributed by atoms with Crippen LogP contribution in [-0.2, 0) is 50.6 Å². The van der Waals surface area contributed by atoms with E-state index in [0.29, 0.717) is 12.0 Å². The van der Waals surface area contributed by atoms with Crippen LogP contribution in [0, 0.1) is 5.92 Å². The lowest BCUT2D eigenvalue weighted by atomic mass is 10.00. The first kappa shape index (κ1) is 43.3. The lowest BCUT2D eigenvalue weighted by Gasteiger charge is -2.31. The van der Waals surface area contributed by atoms with Gasteiger partial charge in [-0.05, 0) is 56.2 Å². The fraction of sp³-hybridized carbons (Fsp3) is 0.613. The fourth-order valence-electron chi connectivity index (χ4n) is 5.49. The monoisotopic (exact) mass is 760 g/mol. The van der Waals surface area contributed by atoms with Crippen LogP contribution in [0.3, 0.4) is 0 Å². The zero-order valence-electron chi connectivity index (χ0n) is 29.2. The van der Waals surface area contributed by atoms with Gasteiger partial charge < -0.3 is 41.5 Å². The minimum absolute atomic E-state index is 0.0187. The molecule has 51 heavy (non-hydrogen) atoms. The first-order valence-electron chi connectivity index (χ1n) is 16.3. The molecule has 1 unspecified atom stereocenters. The predicted octanol–water partition coefficient (Wildman–Crippen LogP) is -1.67. The van der Waals surface area contributed by atoms with E-state index in [1.54, 1.807) is 0 Å². The topological polar surface area (TPSA) is 284 Å². The van der Waals surface area contributed by atoms with Crippen molar-refractivity contribution in [3.63, 3.8) is 0 Å². The third kappa shape index (κ3) is 14.7. The molecule has 0 aromatic heterocycles. The van der Waals surface area contributed by atoms with Crippen LogP contribution in [0.25, 0.3) is 0 Å². The first-order valence-corrected chi connectivity index (χ1v) is 19.5. The number of nitrogens with one attached hydrogen (secondary N) is 4. The van der Waals surface area contributed by atoms with E-state index in [1.165, 1.54) is 49.3 Å². The highest BCUT2D eigenvalue weighted by atomic mass is 32.2. The molecule has 0 radical (unpaired) electrons. The Morgan fingerprint density at radius 2 is 1.59 bits per heavy atom. The van der Waals surface area contributed by atoms with Crippen molar-refractivity contribution >= 4 is 54.1 Å². The van der Waals surface area contributed by atoms with E-state index in [0.717, 1.165) is 0 Å². The number of aliphatic hydroxyl groups is 1. The molecular formula is C31H49N6O12PS. The molecule has 0 aliphatic carbocycles. The van der Waals surface area contributed by atoms with E-state index in [2.05, 4.69) is 25.8 Å². The van der Waals surface area contributed by atoms with Crippen LogP contribution in [0.4, 0.5) is 0 Å². The summed E-state index contributed by atoms with van der Waals surface area (Å²) in [6.45, 7) is 6.30. The number of carbonyl (C=O) groups excluding carboxylic acids is 6. The van der Waals surface area contributed by atoms with Gasteiger partial charge in [0, 0.05) is 42.7 Å². The number of rotatable bonds is 19. The minimum atomic E-state index is -4.79. The fourth-order valence-corrected chi connectivity index (χ4v) is 6.45. The summed E-state index contributed by atoms with van der Waals surface area (Å²) in [6, 6.07) is -0.508. The van der Waals surface area contributed by atoms with Gasteiger partial charge in [-0.3, -0.25) is 42.8 Å². The number of likely N-dealkylation sites (tertiary alicyclic amines) is 1. The van der Waals surface area contributed by atoms with Gasteiger partial charge in [-0.15, -0.1) is 0 Å². The van der Waals surface area contributed by atoms with E-state index in [-0.39, 0.29) is 49.6 Å². The summed E-state index contributed by atoms with van der Waals surface area (Å²) in [5.74, 6) is -4.49. The lowest BCUT2D eigenvalue weighted by Crippen LogP contribution is -2.60. The molecule has 1 saturated heterocycles. The maximum atomic E-state index is 14.0. The number of hydrogen-bond donors (Lipinski definition) is 8. The van der Waals surface area contributed by atoms with Crippen molar-refractivity contribution in [1.29, 1.82) is 0 Å². The second kappa shape index (κ2) is 19.6. The van der Waals surface area contributed by atoms with Crippen LogP contribution in [0.2, 0.25) is 0 Å². The summed E-state index contributed by atoms with van der Waals surface area (Å²) >= 11 is 0. The quantitative estimate of drug-likeness (QED) is 0.0736. The molecule has 9 N–H and O–H groups in total. The Balaban J connectivity index is 2.26. The van der Waals surface area contributed by atoms with E-state index >= 15 is 0 Å². The van der Waals surface area contributed by atoms with Gasteiger partial charge in [0.15, 0.2) is 0 Å². The third-order valence-corrected chi connectivity index (χ3v) is 9.11. The molecule has 0 saturated carbocycles. The van der Waals surface area contributed by atoms with Crippen LogP contribution in [-0.4, -0.2) is 114 Å². The van der Waals surface area contributed by atoms with E-state index in [1.807, 2.05) is 13.8 Å². The van der Waals surface area contributed by atoms with Gasteiger partial charge in [-0.25, -0.2) is 4.57 Å². The number of benzene rings is 1. The van der Waals surface area contributed by atoms with Gasteiger partial charge >= 0.3 is 7.82 Å². The van der Waals surface area contributed by atoms with Crippen LogP contribution in [0.15, 0.2) is 24.3 Å². The smallest absolute Gasteiger partial charge is 0.404 e. The molecule has 18 nitrogen and oxygen atoms in total.